The molecule has 1 saturated heterocycles. The van der Waals surface area contributed by atoms with Crippen LogP contribution in [0, 0.1) is 12.8 Å². The van der Waals surface area contributed by atoms with Crippen molar-refractivity contribution in [2.75, 3.05) is 20.2 Å². The van der Waals surface area contributed by atoms with Crippen LogP contribution in [0.3, 0.4) is 0 Å². The van der Waals surface area contributed by atoms with Gasteiger partial charge in [-0.05, 0) is 26.3 Å². The van der Waals surface area contributed by atoms with Crippen molar-refractivity contribution < 1.29 is 14.1 Å². The summed E-state index contributed by atoms with van der Waals surface area (Å²) in [5, 5.41) is 3.97. The number of aromatic nitrogens is 1. The predicted molar refractivity (Wildman–Crippen MR) is 61.3 cm³/mol. The summed E-state index contributed by atoms with van der Waals surface area (Å²) in [7, 11) is 1.45. The first-order valence-corrected chi connectivity index (χ1v) is 5.91. The van der Waals surface area contributed by atoms with E-state index in [0.717, 1.165) is 43.9 Å². The molecule has 0 N–H and O–H groups in total. The van der Waals surface area contributed by atoms with E-state index >= 15 is 0 Å². The van der Waals surface area contributed by atoms with E-state index in [0.29, 0.717) is 0 Å². The number of hydrogen-bond acceptors (Lipinski definition) is 5. The number of nitrogens with zero attached hydrogens (tertiary/aromatic N) is 2. The molecule has 2 heterocycles. The van der Waals surface area contributed by atoms with Crippen LogP contribution in [-0.2, 0) is 16.1 Å². The molecule has 0 saturated carbocycles. The number of rotatable bonds is 3. The Balaban J connectivity index is 1.91. The van der Waals surface area contributed by atoms with Crippen molar-refractivity contribution in [3.8, 4) is 0 Å². The van der Waals surface area contributed by atoms with Crippen LogP contribution in [-0.4, -0.2) is 36.2 Å². The molecule has 5 heteroatoms. The van der Waals surface area contributed by atoms with Gasteiger partial charge in [-0.15, -0.1) is 0 Å². The lowest BCUT2D eigenvalue weighted by atomic mass is 9.98. The number of aryl methyl sites for hydroxylation is 1. The maximum Gasteiger partial charge on any atom is 0.309 e. The van der Waals surface area contributed by atoms with E-state index in [1.807, 2.05) is 13.0 Å². The zero-order valence-electron chi connectivity index (χ0n) is 10.3. The van der Waals surface area contributed by atoms with Crippen LogP contribution < -0.4 is 0 Å². The summed E-state index contributed by atoms with van der Waals surface area (Å²) < 4.78 is 9.83. The third-order valence-corrected chi connectivity index (χ3v) is 3.10. The Hall–Kier alpha value is -1.36. The van der Waals surface area contributed by atoms with Gasteiger partial charge in [0.2, 0.25) is 0 Å². The van der Waals surface area contributed by atoms with Crippen molar-refractivity contribution in [3.05, 3.63) is 17.5 Å². The minimum atomic E-state index is -0.106. The van der Waals surface area contributed by atoms with Gasteiger partial charge < -0.3 is 9.26 Å². The van der Waals surface area contributed by atoms with Crippen LogP contribution in [0.15, 0.2) is 10.6 Å². The highest BCUT2D eigenvalue weighted by atomic mass is 16.5. The highest BCUT2D eigenvalue weighted by Crippen LogP contribution is 2.19. The molecule has 0 unspecified atom stereocenters. The average Bonchev–Trinajstić information content (AvgIpc) is 2.74. The molecule has 2 rings (SSSR count). The average molecular weight is 238 g/mol. The number of carbonyl (C=O) groups excluding carboxylic acids is 1. The Morgan fingerprint density at radius 3 is 3.18 bits per heavy atom. The standard InChI is InChI=1S/C12H18N2O3/c1-9-6-11(13-17-9)8-14-5-3-4-10(7-14)12(15)16-2/h6,10H,3-5,7-8H2,1-2H3/t10-/m0/s1. The Labute approximate surface area is 101 Å². The van der Waals surface area contributed by atoms with E-state index in [4.69, 9.17) is 9.26 Å². The molecule has 0 spiro atoms. The number of ether oxygens (including phenoxy) is 1. The maximum absolute atomic E-state index is 11.5. The molecule has 0 aromatic carbocycles. The molecule has 1 atom stereocenters. The summed E-state index contributed by atoms with van der Waals surface area (Å²) in [6.07, 6.45) is 1.94. The van der Waals surface area contributed by atoms with Gasteiger partial charge in [-0.1, -0.05) is 5.16 Å². The highest BCUT2D eigenvalue weighted by Gasteiger charge is 2.26. The van der Waals surface area contributed by atoms with Crippen molar-refractivity contribution in [2.45, 2.75) is 26.3 Å². The Kier molecular flexibility index (Phi) is 3.78. The van der Waals surface area contributed by atoms with Crippen LogP contribution in [0.4, 0.5) is 0 Å². The van der Waals surface area contributed by atoms with Gasteiger partial charge in [-0.25, -0.2) is 0 Å². The van der Waals surface area contributed by atoms with E-state index in [1.54, 1.807) is 0 Å². The lowest BCUT2D eigenvalue weighted by Gasteiger charge is -2.30. The van der Waals surface area contributed by atoms with E-state index in [-0.39, 0.29) is 11.9 Å². The fraction of sp³-hybridized carbons (Fsp3) is 0.667. The Bertz CT molecular complexity index is 389. The van der Waals surface area contributed by atoms with Crippen molar-refractivity contribution in [1.29, 1.82) is 0 Å². The first kappa shape index (κ1) is 12.1. The summed E-state index contributed by atoms with van der Waals surface area (Å²) in [5.41, 5.74) is 0.924. The fourth-order valence-corrected chi connectivity index (χ4v) is 2.28. The van der Waals surface area contributed by atoms with Gasteiger partial charge in [-0.2, -0.15) is 0 Å². The normalized spacial score (nSPS) is 21.4. The summed E-state index contributed by atoms with van der Waals surface area (Å²) in [5.74, 6) is 0.717. The molecule has 17 heavy (non-hydrogen) atoms. The molecule has 1 aliphatic heterocycles. The quantitative estimate of drug-likeness (QED) is 0.744. The number of likely N-dealkylation sites (tertiary alicyclic amines) is 1. The van der Waals surface area contributed by atoms with E-state index in [1.165, 1.54) is 7.11 Å². The van der Waals surface area contributed by atoms with Gasteiger partial charge >= 0.3 is 5.97 Å². The summed E-state index contributed by atoms with van der Waals surface area (Å²) >= 11 is 0. The van der Waals surface area contributed by atoms with Gasteiger partial charge in [0, 0.05) is 19.2 Å². The molecule has 1 aromatic heterocycles. The molecule has 5 nitrogen and oxygen atoms in total. The number of methoxy groups -OCH3 is 1. The first-order valence-electron chi connectivity index (χ1n) is 5.91. The molecule has 0 amide bonds. The van der Waals surface area contributed by atoms with Crippen LogP contribution in [0.25, 0.3) is 0 Å². The van der Waals surface area contributed by atoms with Crippen LogP contribution in [0.5, 0.6) is 0 Å². The molecule has 0 aliphatic carbocycles. The topological polar surface area (TPSA) is 55.6 Å². The highest BCUT2D eigenvalue weighted by molar-refractivity contribution is 5.72. The molecule has 94 valence electrons. The molecule has 1 aliphatic rings. The molecule has 1 aromatic rings. The van der Waals surface area contributed by atoms with E-state index < -0.39 is 0 Å². The largest absolute Gasteiger partial charge is 0.469 e. The number of piperidine rings is 1. The molecule has 0 radical (unpaired) electrons. The van der Waals surface area contributed by atoms with Gasteiger partial charge in [0.1, 0.15) is 5.76 Å². The molecule has 1 fully saturated rings. The maximum atomic E-state index is 11.5. The predicted octanol–water partition coefficient (Wildman–Crippen LogP) is 1.37. The van der Waals surface area contributed by atoms with Crippen LogP contribution >= 0.6 is 0 Å². The fourth-order valence-electron chi connectivity index (χ4n) is 2.28. The summed E-state index contributed by atoms with van der Waals surface area (Å²) in [6.45, 7) is 4.37. The van der Waals surface area contributed by atoms with Gasteiger partial charge in [-0.3, -0.25) is 9.69 Å². The summed E-state index contributed by atoms with van der Waals surface area (Å²) in [4.78, 5) is 13.7. The van der Waals surface area contributed by atoms with Crippen molar-refractivity contribution in [2.24, 2.45) is 5.92 Å². The SMILES string of the molecule is COC(=O)[C@H]1CCCN(Cc2cc(C)on2)C1. The lowest BCUT2D eigenvalue weighted by Crippen LogP contribution is -2.38. The van der Waals surface area contributed by atoms with Crippen molar-refractivity contribution >= 4 is 5.97 Å². The number of hydrogen-bond donors (Lipinski definition) is 0. The lowest BCUT2D eigenvalue weighted by molar-refractivity contribution is -0.147. The van der Waals surface area contributed by atoms with Crippen LogP contribution in [0.2, 0.25) is 0 Å². The van der Waals surface area contributed by atoms with Gasteiger partial charge in [0.05, 0.1) is 18.7 Å². The zero-order valence-corrected chi connectivity index (χ0v) is 10.3. The molecular formula is C12H18N2O3. The minimum Gasteiger partial charge on any atom is -0.469 e. The number of carbonyl (C=O) groups is 1. The smallest absolute Gasteiger partial charge is 0.309 e. The van der Waals surface area contributed by atoms with E-state index in [9.17, 15) is 4.79 Å². The second-order valence-electron chi connectivity index (χ2n) is 4.53. The van der Waals surface area contributed by atoms with Crippen molar-refractivity contribution in [3.63, 3.8) is 0 Å². The van der Waals surface area contributed by atoms with Gasteiger partial charge in [0.15, 0.2) is 0 Å². The van der Waals surface area contributed by atoms with E-state index in [2.05, 4.69) is 10.1 Å². The van der Waals surface area contributed by atoms with Crippen LogP contribution in [0.1, 0.15) is 24.3 Å². The summed E-state index contributed by atoms with van der Waals surface area (Å²) in [6, 6.07) is 1.93. The van der Waals surface area contributed by atoms with Gasteiger partial charge in [0.25, 0.3) is 0 Å². The third kappa shape index (κ3) is 3.06. The van der Waals surface area contributed by atoms with Crippen molar-refractivity contribution in [1.82, 2.24) is 10.1 Å². The Morgan fingerprint density at radius 2 is 2.53 bits per heavy atom. The molecule has 0 bridgehead atoms. The number of esters is 1. The minimum absolute atomic E-state index is 0.00162. The second-order valence-corrected chi connectivity index (χ2v) is 4.53. The monoisotopic (exact) mass is 238 g/mol. The second kappa shape index (κ2) is 5.31. The third-order valence-electron chi connectivity index (χ3n) is 3.10. The molecular weight excluding hydrogens is 220 g/mol. The Morgan fingerprint density at radius 1 is 1.71 bits per heavy atom. The zero-order chi connectivity index (χ0) is 12.3. The first-order chi connectivity index (χ1) is 8.19.